The first kappa shape index (κ1) is 24.2. The van der Waals surface area contributed by atoms with Crippen LogP contribution in [0, 0.1) is 6.92 Å². The summed E-state index contributed by atoms with van der Waals surface area (Å²) in [6, 6.07) is 12.4. The first-order chi connectivity index (χ1) is 16.3. The van der Waals surface area contributed by atoms with E-state index in [1.807, 2.05) is 13.0 Å². The summed E-state index contributed by atoms with van der Waals surface area (Å²) in [4.78, 5) is 39.3. The van der Waals surface area contributed by atoms with Crippen molar-refractivity contribution in [3.63, 3.8) is 0 Å². The van der Waals surface area contributed by atoms with Crippen LogP contribution in [0.4, 0.5) is 5.82 Å². The molecular formula is C24H23N2O6PS. The zero-order valence-corrected chi connectivity index (χ0v) is 20.6. The fraction of sp³-hybridized carbons (Fsp3) is 0.208. The standard InChI is InChI=1S/C24H23N2O6PS/c1-13-21-16(11-31-3)7-8-17(14(2)27)23(21)34-22(13)24(28)26-20-10-9-18-15(12-32-33(29)30)5-4-6-19(18)25-20/h4-10,33H,11-12H2,1-3H3,(H,29,30)(H,25,26,28). The number of amides is 1. The van der Waals surface area contributed by atoms with Gasteiger partial charge in [-0.15, -0.1) is 11.3 Å². The van der Waals surface area contributed by atoms with Crippen LogP contribution >= 0.6 is 19.6 Å². The summed E-state index contributed by atoms with van der Waals surface area (Å²) in [5.41, 5.74) is 3.61. The Morgan fingerprint density at radius 2 is 1.91 bits per heavy atom. The molecular weight excluding hydrogens is 475 g/mol. The number of hydrogen-bond acceptors (Lipinski definition) is 7. The number of nitrogens with zero attached hydrogens (tertiary/aromatic N) is 1. The van der Waals surface area contributed by atoms with Gasteiger partial charge in [0.05, 0.1) is 23.6 Å². The lowest BCUT2D eigenvalue weighted by atomic mass is 10.0. The van der Waals surface area contributed by atoms with E-state index < -0.39 is 8.25 Å². The van der Waals surface area contributed by atoms with Gasteiger partial charge in [-0.1, -0.05) is 18.2 Å². The van der Waals surface area contributed by atoms with Gasteiger partial charge >= 0.3 is 8.25 Å². The van der Waals surface area contributed by atoms with Crippen molar-refractivity contribution < 1.29 is 28.3 Å². The fourth-order valence-electron chi connectivity index (χ4n) is 3.93. The van der Waals surface area contributed by atoms with Gasteiger partial charge in [-0.25, -0.2) is 4.98 Å². The first-order valence-corrected chi connectivity index (χ1v) is 12.5. The van der Waals surface area contributed by atoms with Crippen LogP contribution in [-0.4, -0.2) is 28.7 Å². The summed E-state index contributed by atoms with van der Waals surface area (Å²) >= 11 is 1.28. The second-order valence-electron chi connectivity index (χ2n) is 7.71. The number of benzene rings is 2. The minimum atomic E-state index is -3.04. The molecule has 176 valence electrons. The first-order valence-electron chi connectivity index (χ1n) is 10.4. The highest BCUT2D eigenvalue weighted by Gasteiger charge is 2.21. The monoisotopic (exact) mass is 498 g/mol. The number of Topliss-reactive ketones (excluding diaryl/α,β-unsaturated/α-hetero) is 1. The average molecular weight is 498 g/mol. The maximum atomic E-state index is 13.2. The van der Waals surface area contributed by atoms with Crippen LogP contribution in [0.1, 0.15) is 43.6 Å². The molecule has 10 heteroatoms. The SMILES string of the molecule is COCc1ccc(C(C)=O)c2sc(C(=O)Nc3ccc4c(CO[PH](=O)O)cccc4n3)c(C)c12. The molecule has 0 aliphatic carbocycles. The van der Waals surface area contributed by atoms with Crippen LogP contribution in [0.3, 0.4) is 0 Å². The number of hydrogen-bond donors (Lipinski definition) is 2. The number of ketones is 1. The lowest BCUT2D eigenvalue weighted by Crippen LogP contribution is -2.12. The van der Waals surface area contributed by atoms with Crippen molar-refractivity contribution in [2.24, 2.45) is 0 Å². The maximum absolute atomic E-state index is 13.2. The van der Waals surface area contributed by atoms with Crippen molar-refractivity contribution in [1.82, 2.24) is 4.98 Å². The van der Waals surface area contributed by atoms with E-state index in [-0.39, 0.29) is 18.3 Å². The van der Waals surface area contributed by atoms with E-state index in [1.54, 1.807) is 43.5 Å². The number of aryl methyl sites for hydroxylation is 1. The smallest absolute Gasteiger partial charge is 0.316 e. The maximum Gasteiger partial charge on any atom is 0.316 e. The molecule has 4 rings (SSSR count). The lowest BCUT2D eigenvalue weighted by Gasteiger charge is -2.09. The highest BCUT2D eigenvalue weighted by atomic mass is 32.1. The molecule has 2 aromatic carbocycles. The number of carbonyl (C=O) groups is 2. The molecule has 1 unspecified atom stereocenters. The zero-order chi connectivity index (χ0) is 24.4. The van der Waals surface area contributed by atoms with Gasteiger partial charge in [-0.2, -0.15) is 0 Å². The van der Waals surface area contributed by atoms with E-state index in [0.29, 0.717) is 28.4 Å². The van der Waals surface area contributed by atoms with Gasteiger partial charge in [-0.3, -0.25) is 14.2 Å². The molecule has 2 heterocycles. The molecule has 1 atom stereocenters. The number of methoxy groups -OCH3 is 1. The van der Waals surface area contributed by atoms with Crippen molar-refractivity contribution in [1.29, 1.82) is 0 Å². The van der Waals surface area contributed by atoms with Crippen LogP contribution in [0.15, 0.2) is 42.5 Å². The minimum absolute atomic E-state index is 0.0116. The number of nitrogens with one attached hydrogen (secondary N) is 1. The minimum Gasteiger partial charge on any atom is -0.380 e. The summed E-state index contributed by atoms with van der Waals surface area (Å²) in [5, 5.41) is 4.48. The Hall–Kier alpha value is -2.94. The van der Waals surface area contributed by atoms with Crippen molar-refractivity contribution in [3.05, 3.63) is 69.6 Å². The predicted octanol–water partition coefficient (Wildman–Crippen LogP) is 5.26. The normalized spacial score (nSPS) is 12.2. The van der Waals surface area contributed by atoms with Gasteiger partial charge in [0.1, 0.15) is 5.82 Å². The summed E-state index contributed by atoms with van der Waals surface area (Å²) < 4.78 is 21.8. The molecule has 0 saturated heterocycles. The number of anilines is 1. The molecule has 34 heavy (non-hydrogen) atoms. The topological polar surface area (TPSA) is 115 Å². The number of thiophene rings is 1. The highest BCUT2D eigenvalue weighted by Crippen LogP contribution is 2.37. The summed E-state index contributed by atoms with van der Waals surface area (Å²) in [6.07, 6.45) is 0. The Morgan fingerprint density at radius 1 is 1.12 bits per heavy atom. The molecule has 0 aliphatic heterocycles. The van der Waals surface area contributed by atoms with Gasteiger partial charge in [0.2, 0.25) is 0 Å². The van der Waals surface area contributed by atoms with Gasteiger partial charge in [-0.05, 0) is 54.8 Å². The summed E-state index contributed by atoms with van der Waals surface area (Å²) in [7, 11) is -1.44. The second kappa shape index (κ2) is 10.1. The highest BCUT2D eigenvalue weighted by molar-refractivity contribution is 7.32. The van der Waals surface area contributed by atoms with E-state index in [0.717, 1.165) is 32.2 Å². The largest absolute Gasteiger partial charge is 0.380 e. The number of carbonyl (C=O) groups excluding carboxylic acids is 2. The van der Waals surface area contributed by atoms with Crippen LogP contribution in [0.25, 0.3) is 21.0 Å². The Bertz CT molecular complexity index is 1450. The third-order valence-corrected chi connectivity index (χ3v) is 7.18. The van der Waals surface area contributed by atoms with Crippen molar-refractivity contribution in [3.8, 4) is 0 Å². The molecule has 0 fully saturated rings. The van der Waals surface area contributed by atoms with Crippen molar-refractivity contribution in [2.45, 2.75) is 27.1 Å². The zero-order valence-electron chi connectivity index (χ0n) is 18.8. The second-order valence-corrected chi connectivity index (χ2v) is 9.55. The van der Waals surface area contributed by atoms with Crippen LogP contribution < -0.4 is 5.32 Å². The molecule has 4 aromatic rings. The average Bonchev–Trinajstić information content (AvgIpc) is 3.15. The molecule has 2 N–H and O–H groups in total. The van der Waals surface area contributed by atoms with Gasteiger partial charge in [0.15, 0.2) is 5.78 Å². The number of ether oxygens (including phenoxy) is 1. The predicted molar refractivity (Wildman–Crippen MR) is 133 cm³/mol. The molecule has 0 saturated carbocycles. The third-order valence-electron chi connectivity index (χ3n) is 5.46. The van der Waals surface area contributed by atoms with Crippen molar-refractivity contribution in [2.75, 3.05) is 12.4 Å². The fourth-order valence-corrected chi connectivity index (χ4v) is 5.52. The number of pyridine rings is 1. The quantitative estimate of drug-likeness (QED) is 0.252. The number of fused-ring (bicyclic) bond motifs is 2. The van der Waals surface area contributed by atoms with E-state index in [2.05, 4.69) is 10.3 Å². The molecule has 0 bridgehead atoms. The van der Waals surface area contributed by atoms with Crippen LogP contribution in [0.2, 0.25) is 0 Å². The summed E-state index contributed by atoms with van der Waals surface area (Å²) in [5.74, 6) is -0.0153. The summed E-state index contributed by atoms with van der Waals surface area (Å²) in [6.45, 7) is 3.74. The van der Waals surface area contributed by atoms with Gasteiger partial charge in [0, 0.05) is 28.1 Å². The Kier molecular flexibility index (Phi) is 7.21. The molecule has 0 radical (unpaired) electrons. The van der Waals surface area contributed by atoms with Crippen LogP contribution in [-0.2, 0) is 27.0 Å². The molecule has 8 nitrogen and oxygen atoms in total. The van der Waals surface area contributed by atoms with Crippen molar-refractivity contribution >= 4 is 58.1 Å². The van der Waals surface area contributed by atoms with Crippen LogP contribution in [0.5, 0.6) is 0 Å². The molecule has 2 aromatic heterocycles. The van der Waals surface area contributed by atoms with E-state index in [9.17, 15) is 14.2 Å². The van der Waals surface area contributed by atoms with Gasteiger partial charge < -0.3 is 19.5 Å². The lowest BCUT2D eigenvalue weighted by molar-refractivity contribution is 0.101. The van der Waals surface area contributed by atoms with E-state index in [4.69, 9.17) is 14.2 Å². The molecule has 0 aliphatic rings. The Labute approximate surface area is 200 Å². The Balaban J connectivity index is 1.68. The number of aromatic nitrogens is 1. The Morgan fingerprint density at radius 3 is 2.62 bits per heavy atom. The molecule has 1 amide bonds. The number of rotatable bonds is 8. The van der Waals surface area contributed by atoms with E-state index >= 15 is 0 Å². The third kappa shape index (κ3) is 4.80. The van der Waals surface area contributed by atoms with E-state index in [1.165, 1.54) is 18.3 Å². The van der Waals surface area contributed by atoms with Gasteiger partial charge in [0.25, 0.3) is 5.91 Å². The molecule has 0 spiro atoms.